The molecular formula is C23H28ClN3O3. The number of fused-ring (bicyclic) bond motifs is 3. The van der Waals surface area contributed by atoms with E-state index in [1.807, 2.05) is 40.8 Å². The topological polar surface area (TPSA) is 56.6 Å². The number of rotatable bonds is 3. The number of halogens is 1. The van der Waals surface area contributed by atoms with E-state index in [1.165, 1.54) is 0 Å². The highest BCUT2D eigenvalue weighted by molar-refractivity contribution is 6.30. The van der Waals surface area contributed by atoms with Gasteiger partial charge in [0.25, 0.3) is 0 Å². The Hall–Kier alpha value is -2.05. The van der Waals surface area contributed by atoms with E-state index in [0.717, 1.165) is 36.5 Å². The average molecular weight is 430 g/mol. The van der Waals surface area contributed by atoms with E-state index in [4.69, 9.17) is 21.1 Å². The molecule has 2 aromatic rings. The fraction of sp³-hybridized carbons (Fsp3) is 0.565. The van der Waals surface area contributed by atoms with E-state index in [2.05, 4.69) is 18.9 Å². The molecule has 4 heterocycles. The Morgan fingerprint density at radius 3 is 2.83 bits per heavy atom. The number of amides is 1. The molecule has 3 aliphatic rings. The van der Waals surface area contributed by atoms with Crippen molar-refractivity contribution in [1.29, 1.82) is 0 Å². The largest absolute Gasteiger partial charge is 0.487 e. The number of aryl methyl sites for hydroxylation is 2. The number of hydrogen-bond donors (Lipinski definition) is 0. The van der Waals surface area contributed by atoms with Gasteiger partial charge in [0.1, 0.15) is 11.4 Å². The lowest BCUT2D eigenvalue weighted by Crippen LogP contribution is -2.65. The minimum absolute atomic E-state index is 0.0133. The summed E-state index contributed by atoms with van der Waals surface area (Å²) < 4.78 is 14.7. The van der Waals surface area contributed by atoms with E-state index >= 15 is 0 Å². The molecule has 5 rings (SSSR count). The SMILES string of the molecule is Cc1ccnn1CCC(=O)N1CC2(CO[C@@H]3c4cc(Cl)ccc4OC(C)(C)[C@H]3C2)C1. The Balaban J connectivity index is 1.25. The van der Waals surface area contributed by atoms with Gasteiger partial charge in [-0.15, -0.1) is 0 Å². The maximum atomic E-state index is 12.7. The third kappa shape index (κ3) is 3.30. The maximum Gasteiger partial charge on any atom is 0.224 e. The van der Waals surface area contributed by atoms with Crippen LogP contribution in [0.2, 0.25) is 5.02 Å². The van der Waals surface area contributed by atoms with Crippen LogP contribution < -0.4 is 4.74 Å². The van der Waals surface area contributed by atoms with Crippen LogP contribution in [0.5, 0.6) is 5.75 Å². The van der Waals surface area contributed by atoms with Gasteiger partial charge in [-0.1, -0.05) is 11.6 Å². The average Bonchev–Trinajstić information content (AvgIpc) is 3.09. The first kappa shape index (κ1) is 19.9. The van der Waals surface area contributed by atoms with Gasteiger partial charge >= 0.3 is 0 Å². The Bertz CT molecular complexity index is 980. The van der Waals surface area contributed by atoms with Crippen molar-refractivity contribution in [2.24, 2.45) is 11.3 Å². The predicted octanol–water partition coefficient (Wildman–Crippen LogP) is 4.01. The molecule has 0 aliphatic carbocycles. The van der Waals surface area contributed by atoms with Gasteiger partial charge in [0.2, 0.25) is 5.91 Å². The molecule has 0 unspecified atom stereocenters. The van der Waals surface area contributed by atoms with Crippen LogP contribution in [0.25, 0.3) is 0 Å². The summed E-state index contributed by atoms with van der Waals surface area (Å²) in [6.07, 6.45) is 3.22. The van der Waals surface area contributed by atoms with Crippen molar-refractivity contribution < 1.29 is 14.3 Å². The van der Waals surface area contributed by atoms with Crippen molar-refractivity contribution in [2.45, 2.75) is 51.9 Å². The summed E-state index contributed by atoms with van der Waals surface area (Å²) in [6, 6.07) is 7.73. The first-order chi connectivity index (χ1) is 14.3. The summed E-state index contributed by atoms with van der Waals surface area (Å²) in [4.78, 5) is 14.6. The minimum atomic E-state index is -0.332. The standard InChI is InChI=1S/C23H28ClN3O3/c1-15-6-8-25-27(15)9-7-20(28)26-12-23(13-26)11-18-21(29-14-23)17-10-16(24)4-5-19(17)30-22(18,2)3/h4-6,8,10,18,21H,7,9,11-14H2,1-3H3/t18-,21+/m0/s1. The first-order valence-corrected chi connectivity index (χ1v) is 11.0. The van der Waals surface area contributed by atoms with E-state index in [9.17, 15) is 4.79 Å². The molecule has 6 nitrogen and oxygen atoms in total. The molecular weight excluding hydrogens is 402 g/mol. The van der Waals surface area contributed by atoms with Gasteiger partial charge in [-0.3, -0.25) is 9.48 Å². The zero-order valence-corrected chi connectivity index (χ0v) is 18.5. The van der Waals surface area contributed by atoms with Crippen LogP contribution in [0.1, 0.15) is 44.1 Å². The van der Waals surface area contributed by atoms with Crippen molar-refractivity contribution in [3.05, 3.63) is 46.7 Å². The van der Waals surface area contributed by atoms with Crippen molar-refractivity contribution in [3.8, 4) is 5.75 Å². The number of carbonyl (C=O) groups is 1. The third-order valence-electron chi connectivity index (χ3n) is 7.00. The molecule has 1 aromatic heterocycles. The summed E-state index contributed by atoms with van der Waals surface area (Å²) in [5, 5.41) is 4.96. The van der Waals surface area contributed by atoms with Crippen molar-refractivity contribution in [3.63, 3.8) is 0 Å². The second-order valence-electron chi connectivity index (χ2n) is 9.63. The van der Waals surface area contributed by atoms with E-state index < -0.39 is 0 Å². The van der Waals surface area contributed by atoms with Gasteiger partial charge in [0, 0.05) is 59.9 Å². The summed E-state index contributed by atoms with van der Waals surface area (Å²) in [6.45, 7) is 9.08. The molecule has 30 heavy (non-hydrogen) atoms. The lowest BCUT2D eigenvalue weighted by molar-refractivity contribution is -0.201. The number of carbonyl (C=O) groups excluding carboxylic acids is 1. The molecule has 0 radical (unpaired) electrons. The highest BCUT2D eigenvalue weighted by atomic mass is 35.5. The smallest absolute Gasteiger partial charge is 0.224 e. The number of nitrogens with zero attached hydrogens (tertiary/aromatic N) is 3. The lowest BCUT2D eigenvalue weighted by Gasteiger charge is -2.58. The zero-order valence-electron chi connectivity index (χ0n) is 17.7. The number of hydrogen-bond acceptors (Lipinski definition) is 4. The highest BCUT2D eigenvalue weighted by Gasteiger charge is 2.56. The first-order valence-electron chi connectivity index (χ1n) is 10.6. The van der Waals surface area contributed by atoms with E-state index in [0.29, 0.717) is 24.6 Å². The van der Waals surface area contributed by atoms with Gasteiger partial charge in [-0.2, -0.15) is 5.10 Å². The Labute approximate surface area is 182 Å². The predicted molar refractivity (Wildman–Crippen MR) is 114 cm³/mol. The van der Waals surface area contributed by atoms with Gasteiger partial charge in [0.15, 0.2) is 0 Å². The molecule has 0 saturated carbocycles. The molecule has 0 N–H and O–H groups in total. The Morgan fingerprint density at radius 1 is 1.30 bits per heavy atom. The zero-order chi connectivity index (χ0) is 21.1. The molecule has 2 saturated heterocycles. The fourth-order valence-electron chi connectivity index (χ4n) is 5.28. The number of aromatic nitrogens is 2. The second kappa shape index (κ2) is 6.99. The summed E-state index contributed by atoms with van der Waals surface area (Å²) in [5.74, 6) is 1.27. The molecule has 1 amide bonds. The monoisotopic (exact) mass is 429 g/mol. The van der Waals surface area contributed by atoms with Crippen LogP contribution in [-0.2, 0) is 16.1 Å². The van der Waals surface area contributed by atoms with Gasteiger partial charge in [0.05, 0.1) is 12.7 Å². The van der Waals surface area contributed by atoms with Gasteiger partial charge in [-0.05, 0) is 51.5 Å². The van der Waals surface area contributed by atoms with Crippen LogP contribution in [-0.4, -0.2) is 45.9 Å². The molecule has 2 fully saturated rings. The molecule has 2 atom stereocenters. The summed E-state index contributed by atoms with van der Waals surface area (Å²) in [5.41, 5.74) is 1.81. The molecule has 3 aliphatic heterocycles. The van der Waals surface area contributed by atoms with Crippen LogP contribution in [0.15, 0.2) is 30.5 Å². The molecule has 1 aromatic carbocycles. The summed E-state index contributed by atoms with van der Waals surface area (Å²) >= 11 is 6.24. The molecule has 0 bridgehead atoms. The van der Waals surface area contributed by atoms with Crippen LogP contribution >= 0.6 is 11.6 Å². The fourth-order valence-corrected chi connectivity index (χ4v) is 5.46. The Kier molecular flexibility index (Phi) is 4.63. The van der Waals surface area contributed by atoms with Crippen LogP contribution in [0.4, 0.5) is 0 Å². The van der Waals surface area contributed by atoms with Crippen molar-refractivity contribution in [2.75, 3.05) is 19.7 Å². The summed E-state index contributed by atoms with van der Waals surface area (Å²) in [7, 11) is 0. The normalized spacial score (nSPS) is 25.8. The van der Waals surface area contributed by atoms with Crippen LogP contribution in [0, 0.1) is 18.3 Å². The van der Waals surface area contributed by atoms with Gasteiger partial charge < -0.3 is 14.4 Å². The number of likely N-dealkylation sites (tertiary alicyclic amines) is 1. The third-order valence-corrected chi connectivity index (χ3v) is 7.24. The lowest BCUT2D eigenvalue weighted by atomic mass is 9.64. The van der Waals surface area contributed by atoms with E-state index in [-0.39, 0.29) is 28.9 Å². The minimum Gasteiger partial charge on any atom is -0.487 e. The Morgan fingerprint density at radius 2 is 2.10 bits per heavy atom. The van der Waals surface area contributed by atoms with Crippen LogP contribution in [0.3, 0.4) is 0 Å². The number of ether oxygens (including phenoxy) is 2. The number of benzene rings is 1. The highest BCUT2D eigenvalue weighted by Crippen LogP contribution is 2.55. The molecule has 160 valence electrons. The van der Waals surface area contributed by atoms with Crippen molar-refractivity contribution >= 4 is 17.5 Å². The maximum absolute atomic E-state index is 12.7. The quantitative estimate of drug-likeness (QED) is 0.739. The van der Waals surface area contributed by atoms with E-state index in [1.54, 1.807) is 6.20 Å². The van der Waals surface area contributed by atoms with Gasteiger partial charge in [-0.25, -0.2) is 0 Å². The molecule has 7 heteroatoms. The molecule has 1 spiro atoms. The van der Waals surface area contributed by atoms with Crippen molar-refractivity contribution in [1.82, 2.24) is 14.7 Å². The second-order valence-corrected chi connectivity index (χ2v) is 10.1.